The SMILES string of the molecule is COc1cc2c(cc1OC)[C@@H](C)N(C(=O)N[C@H]1CC(=O)N(c3ccc(C)cc3)C1)CC2. The molecule has 2 aromatic carbocycles. The molecule has 0 unspecified atom stereocenters. The molecule has 0 bridgehead atoms. The summed E-state index contributed by atoms with van der Waals surface area (Å²) in [5.41, 5.74) is 4.24. The number of nitrogens with one attached hydrogen (secondary N) is 1. The van der Waals surface area contributed by atoms with Gasteiger partial charge in [-0.3, -0.25) is 4.79 Å². The highest BCUT2D eigenvalue weighted by Gasteiger charge is 2.35. The van der Waals surface area contributed by atoms with Crippen LogP contribution in [0.5, 0.6) is 11.5 Å². The minimum absolute atomic E-state index is 0.0306. The number of anilines is 1. The molecule has 0 saturated carbocycles. The van der Waals surface area contributed by atoms with Crippen molar-refractivity contribution in [2.75, 3.05) is 32.2 Å². The van der Waals surface area contributed by atoms with Crippen LogP contribution in [0.1, 0.15) is 36.1 Å². The van der Waals surface area contributed by atoms with E-state index in [0.717, 1.165) is 28.8 Å². The van der Waals surface area contributed by atoms with Crippen molar-refractivity contribution in [3.05, 3.63) is 53.1 Å². The molecule has 2 aliphatic rings. The number of urea groups is 1. The molecule has 0 aliphatic carbocycles. The summed E-state index contributed by atoms with van der Waals surface area (Å²) in [7, 11) is 3.23. The first-order valence-electron chi connectivity index (χ1n) is 10.6. The molecule has 4 rings (SSSR count). The maximum atomic E-state index is 13.1. The summed E-state index contributed by atoms with van der Waals surface area (Å²) in [6.45, 7) is 5.12. The van der Waals surface area contributed by atoms with E-state index in [2.05, 4.69) is 5.32 Å². The molecule has 7 nitrogen and oxygen atoms in total. The Morgan fingerprint density at radius 1 is 1.10 bits per heavy atom. The van der Waals surface area contributed by atoms with Gasteiger partial charge in [-0.15, -0.1) is 0 Å². The number of hydrogen-bond acceptors (Lipinski definition) is 4. The van der Waals surface area contributed by atoms with Crippen LogP contribution in [0.2, 0.25) is 0 Å². The fourth-order valence-electron chi connectivity index (χ4n) is 4.46. The number of carbonyl (C=O) groups excluding carboxylic acids is 2. The van der Waals surface area contributed by atoms with Crippen molar-refractivity contribution < 1.29 is 19.1 Å². The molecule has 2 atom stereocenters. The first kappa shape index (κ1) is 21.0. The van der Waals surface area contributed by atoms with Gasteiger partial charge in [0, 0.05) is 25.2 Å². The Morgan fingerprint density at radius 3 is 2.45 bits per heavy atom. The van der Waals surface area contributed by atoms with Gasteiger partial charge in [-0.2, -0.15) is 0 Å². The maximum absolute atomic E-state index is 13.1. The van der Waals surface area contributed by atoms with Crippen LogP contribution in [0, 0.1) is 6.92 Å². The molecular weight excluding hydrogens is 394 g/mol. The Bertz CT molecular complexity index is 989. The molecular formula is C24H29N3O4. The smallest absolute Gasteiger partial charge is 0.318 e. The average molecular weight is 424 g/mol. The summed E-state index contributed by atoms with van der Waals surface area (Å²) < 4.78 is 10.8. The van der Waals surface area contributed by atoms with Crippen molar-refractivity contribution in [1.29, 1.82) is 0 Å². The van der Waals surface area contributed by atoms with Crippen LogP contribution in [0.25, 0.3) is 0 Å². The van der Waals surface area contributed by atoms with Gasteiger partial charge >= 0.3 is 6.03 Å². The van der Waals surface area contributed by atoms with Crippen molar-refractivity contribution >= 4 is 17.6 Å². The number of rotatable bonds is 4. The largest absolute Gasteiger partial charge is 0.493 e. The fourth-order valence-corrected chi connectivity index (χ4v) is 4.46. The predicted molar refractivity (Wildman–Crippen MR) is 119 cm³/mol. The normalized spacial score (nSPS) is 20.5. The van der Waals surface area contributed by atoms with Crippen LogP contribution >= 0.6 is 0 Å². The molecule has 2 heterocycles. The van der Waals surface area contributed by atoms with Crippen LogP contribution in [-0.4, -0.2) is 50.2 Å². The summed E-state index contributed by atoms with van der Waals surface area (Å²) in [6, 6.07) is 11.4. The second-order valence-corrected chi connectivity index (χ2v) is 8.22. The van der Waals surface area contributed by atoms with Crippen LogP contribution in [0.4, 0.5) is 10.5 Å². The second-order valence-electron chi connectivity index (χ2n) is 8.22. The van der Waals surface area contributed by atoms with E-state index in [-0.39, 0.29) is 24.0 Å². The molecule has 0 radical (unpaired) electrons. The zero-order chi connectivity index (χ0) is 22.1. The first-order valence-corrected chi connectivity index (χ1v) is 10.6. The molecule has 7 heteroatoms. The van der Waals surface area contributed by atoms with Crippen molar-refractivity contribution in [2.45, 2.75) is 38.8 Å². The lowest BCUT2D eigenvalue weighted by atomic mass is 9.93. The van der Waals surface area contributed by atoms with Crippen LogP contribution in [0.15, 0.2) is 36.4 Å². The Hall–Kier alpha value is -3.22. The van der Waals surface area contributed by atoms with E-state index in [9.17, 15) is 9.59 Å². The molecule has 0 spiro atoms. The molecule has 0 aromatic heterocycles. The quantitative estimate of drug-likeness (QED) is 0.818. The van der Waals surface area contributed by atoms with E-state index in [4.69, 9.17) is 9.47 Å². The van der Waals surface area contributed by atoms with E-state index >= 15 is 0 Å². The van der Waals surface area contributed by atoms with Crippen molar-refractivity contribution in [2.24, 2.45) is 0 Å². The number of ether oxygens (including phenoxy) is 2. The Kier molecular flexibility index (Phi) is 5.76. The van der Waals surface area contributed by atoms with Gasteiger partial charge in [0.15, 0.2) is 11.5 Å². The molecule has 2 aliphatic heterocycles. The minimum atomic E-state index is -0.208. The molecule has 1 saturated heterocycles. The van der Waals surface area contributed by atoms with Crippen LogP contribution in [-0.2, 0) is 11.2 Å². The van der Waals surface area contributed by atoms with Gasteiger partial charge in [0.25, 0.3) is 0 Å². The number of hydrogen-bond donors (Lipinski definition) is 1. The number of carbonyl (C=O) groups is 2. The van der Waals surface area contributed by atoms with E-state index in [1.807, 2.05) is 55.1 Å². The van der Waals surface area contributed by atoms with Gasteiger partial charge in [-0.1, -0.05) is 17.7 Å². The van der Waals surface area contributed by atoms with Gasteiger partial charge in [0.1, 0.15) is 0 Å². The second kappa shape index (κ2) is 8.49. The Morgan fingerprint density at radius 2 is 1.77 bits per heavy atom. The van der Waals surface area contributed by atoms with E-state index in [1.54, 1.807) is 19.1 Å². The van der Waals surface area contributed by atoms with E-state index < -0.39 is 0 Å². The third-order valence-corrected chi connectivity index (χ3v) is 6.24. The first-order chi connectivity index (χ1) is 14.9. The number of methoxy groups -OCH3 is 2. The standard InChI is InChI=1S/C24H29N3O4/c1-15-5-7-19(8-6-15)27-14-18(12-23(27)28)25-24(29)26-10-9-17-11-21(30-3)22(31-4)13-20(17)16(26)2/h5-8,11,13,16,18H,9-10,12,14H2,1-4H3,(H,25,29)/t16-,18+/m1/s1. The van der Waals surface area contributed by atoms with E-state index in [1.165, 1.54) is 0 Å². The summed E-state index contributed by atoms with van der Waals surface area (Å²) in [5, 5.41) is 3.07. The summed E-state index contributed by atoms with van der Waals surface area (Å²) in [5.74, 6) is 1.39. The number of benzene rings is 2. The van der Waals surface area contributed by atoms with Gasteiger partial charge in [0.05, 0.1) is 26.3 Å². The molecule has 164 valence electrons. The zero-order valence-corrected chi connectivity index (χ0v) is 18.5. The van der Waals surface area contributed by atoms with Gasteiger partial charge < -0.3 is 24.6 Å². The third-order valence-electron chi connectivity index (χ3n) is 6.24. The molecule has 1 N–H and O–H groups in total. The third kappa shape index (κ3) is 4.04. The maximum Gasteiger partial charge on any atom is 0.318 e. The summed E-state index contributed by atoms with van der Waals surface area (Å²) in [6.07, 6.45) is 1.05. The van der Waals surface area contributed by atoms with Gasteiger partial charge in [0.2, 0.25) is 5.91 Å². The van der Waals surface area contributed by atoms with Gasteiger partial charge in [-0.25, -0.2) is 4.79 Å². The lowest BCUT2D eigenvalue weighted by molar-refractivity contribution is -0.117. The highest BCUT2D eigenvalue weighted by atomic mass is 16.5. The van der Waals surface area contributed by atoms with E-state index in [0.29, 0.717) is 31.0 Å². The monoisotopic (exact) mass is 423 g/mol. The summed E-state index contributed by atoms with van der Waals surface area (Å²) >= 11 is 0. The average Bonchev–Trinajstić information content (AvgIpc) is 3.13. The lowest BCUT2D eigenvalue weighted by Gasteiger charge is -2.36. The highest BCUT2D eigenvalue weighted by molar-refractivity contribution is 5.96. The molecule has 3 amide bonds. The molecule has 2 aromatic rings. The Labute approximate surface area is 182 Å². The number of nitrogens with zero attached hydrogens (tertiary/aromatic N) is 2. The van der Waals surface area contributed by atoms with Crippen molar-refractivity contribution in [1.82, 2.24) is 10.2 Å². The topological polar surface area (TPSA) is 71.1 Å². The fraction of sp³-hybridized carbons (Fsp3) is 0.417. The highest BCUT2D eigenvalue weighted by Crippen LogP contribution is 2.38. The molecule has 1 fully saturated rings. The Balaban J connectivity index is 1.45. The summed E-state index contributed by atoms with van der Waals surface area (Å²) in [4.78, 5) is 29.2. The van der Waals surface area contributed by atoms with Crippen LogP contribution < -0.4 is 19.7 Å². The van der Waals surface area contributed by atoms with Crippen molar-refractivity contribution in [3.8, 4) is 11.5 Å². The predicted octanol–water partition coefficient (Wildman–Crippen LogP) is 3.45. The van der Waals surface area contributed by atoms with Crippen molar-refractivity contribution in [3.63, 3.8) is 0 Å². The minimum Gasteiger partial charge on any atom is -0.493 e. The zero-order valence-electron chi connectivity index (χ0n) is 18.5. The van der Waals surface area contributed by atoms with Gasteiger partial charge in [-0.05, 0) is 55.7 Å². The van der Waals surface area contributed by atoms with Crippen LogP contribution in [0.3, 0.4) is 0 Å². The number of aryl methyl sites for hydroxylation is 1. The lowest BCUT2D eigenvalue weighted by Crippen LogP contribution is -2.48. The number of fused-ring (bicyclic) bond motifs is 1. The number of amides is 3. The molecule has 31 heavy (non-hydrogen) atoms.